The number of aromatic nitrogens is 2. The molecule has 2 saturated heterocycles. The molecule has 0 bridgehead atoms. The van der Waals surface area contributed by atoms with E-state index in [0.717, 1.165) is 4.90 Å². The number of nitriles is 1. The molecule has 0 saturated carbocycles. The number of nitrogens with zero attached hydrogens (tertiary/aromatic N) is 5. The maximum Gasteiger partial charge on any atom is 0.332 e. The number of benzene rings is 1. The Labute approximate surface area is 131 Å². The number of amides is 3. The number of anilines is 1. The van der Waals surface area contributed by atoms with Gasteiger partial charge in [-0.25, -0.2) is 14.7 Å². The van der Waals surface area contributed by atoms with Crippen LogP contribution < -0.4 is 4.90 Å². The second kappa shape index (κ2) is 4.54. The number of imide groups is 1. The van der Waals surface area contributed by atoms with Crippen LogP contribution in [0.4, 0.5) is 10.5 Å². The first-order valence-electron chi connectivity index (χ1n) is 7.21. The van der Waals surface area contributed by atoms with E-state index in [-0.39, 0.29) is 0 Å². The summed E-state index contributed by atoms with van der Waals surface area (Å²) in [6.45, 7) is 0.356. The molecule has 2 aliphatic rings. The summed E-state index contributed by atoms with van der Waals surface area (Å²) >= 11 is 0. The number of carbonyl (C=O) groups is 2. The number of hydrogen-bond acceptors (Lipinski definition) is 5. The van der Waals surface area contributed by atoms with Gasteiger partial charge in [-0.15, -0.1) is 0 Å². The van der Waals surface area contributed by atoms with E-state index in [0.29, 0.717) is 35.2 Å². The molecular weight excluding hydrogens is 298 g/mol. The van der Waals surface area contributed by atoms with Crippen molar-refractivity contribution in [2.24, 2.45) is 7.05 Å². The van der Waals surface area contributed by atoms with Gasteiger partial charge in [0.25, 0.3) is 5.91 Å². The van der Waals surface area contributed by atoms with Crippen LogP contribution in [0.1, 0.15) is 12.0 Å². The number of fused-ring (bicyclic) bond motifs is 2. The molecule has 3 amide bonds. The third-order valence-electron chi connectivity index (χ3n) is 4.48. The summed E-state index contributed by atoms with van der Waals surface area (Å²) in [7, 11) is 1.75. The van der Waals surface area contributed by atoms with Gasteiger partial charge in [-0.2, -0.15) is 5.26 Å². The number of hydrogen-bond donors (Lipinski definition) is 1. The average molecular weight is 311 g/mol. The molecule has 23 heavy (non-hydrogen) atoms. The maximum absolute atomic E-state index is 12.6. The molecule has 116 valence electrons. The van der Waals surface area contributed by atoms with Gasteiger partial charge in [-0.05, 0) is 18.6 Å². The summed E-state index contributed by atoms with van der Waals surface area (Å²) in [4.78, 5) is 31.9. The molecule has 1 unspecified atom stereocenters. The normalized spacial score (nSPS) is 23.7. The third kappa shape index (κ3) is 1.65. The second-order valence-corrected chi connectivity index (χ2v) is 5.75. The Morgan fingerprint density at radius 2 is 2.17 bits per heavy atom. The highest BCUT2D eigenvalue weighted by molar-refractivity contribution is 6.24. The highest BCUT2D eigenvalue weighted by atomic mass is 16.3. The first kappa shape index (κ1) is 13.7. The van der Waals surface area contributed by atoms with E-state index in [4.69, 9.17) is 0 Å². The van der Waals surface area contributed by atoms with Crippen molar-refractivity contribution in [3.8, 4) is 6.07 Å². The summed E-state index contributed by atoms with van der Waals surface area (Å²) in [5.41, 5.74) is 1.75. The number of aliphatic hydroxyl groups is 1. The van der Waals surface area contributed by atoms with Crippen LogP contribution in [-0.2, 0) is 11.8 Å². The molecule has 2 aromatic rings. The Balaban J connectivity index is 1.90. The van der Waals surface area contributed by atoms with Crippen molar-refractivity contribution in [1.82, 2.24) is 14.5 Å². The number of urea groups is 1. The number of aryl methyl sites for hydroxylation is 1. The highest BCUT2D eigenvalue weighted by Gasteiger charge is 2.52. The number of imidazole rings is 1. The van der Waals surface area contributed by atoms with Gasteiger partial charge < -0.3 is 14.6 Å². The molecule has 4 rings (SSSR count). The highest BCUT2D eigenvalue weighted by Crippen LogP contribution is 2.35. The topological polar surface area (TPSA) is 102 Å². The summed E-state index contributed by atoms with van der Waals surface area (Å²) in [6, 6.07) is 3.93. The molecule has 1 aromatic carbocycles. The molecular formula is C15H13N5O3. The Hall–Kier alpha value is -2.92. The zero-order valence-electron chi connectivity index (χ0n) is 12.3. The molecule has 1 N–H and O–H groups in total. The standard InChI is InChI=1S/C15H13N5O3/c1-18-7-17-11-9(3-2-8(6-16)12(11)18)20-14(22)13-10(21)4-5-19(13)15(20)23/h2-3,7,10,13,21H,4-5H2,1H3/t10?,13-/m0/s1. The smallest absolute Gasteiger partial charge is 0.332 e. The molecule has 8 heteroatoms. The number of carbonyl (C=O) groups excluding carboxylic acids is 2. The van der Waals surface area contributed by atoms with Crippen LogP contribution in [-0.4, -0.2) is 50.2 Å². The van der Waals surface area contributed by atoms with Crippen molar-refractivity contribution < 1.29 is 14.7 Å². The van der Waals surface area contributed by atoms with Gasteiger partial charge in [0.05, 0.1) is 29.2 Å². The van der Waals surface area contributed by atoms with E-state index in [1.807, 2.05) is 0 Å². The van der Waals surface area contributed by atoms with E-state index in [2.05, 4.69) is 11.1 Å². The summed E-state index contributed by atoms with van der Waals surface area (Å²) in [5.74, 6) is -0.448. The SMILES string of the molecule is Cn1cnc2c(N3C(=O)[C@@H]4C(O)CCN4C3=O)ccc(C#N)c21. The molecule has 2 fully saturated rings. The quantitative estimate of drug-likeness (QED) is 0.765. The van der Waals surface area contributed by atoms with Gasteiger partial charge in [-0.1, -0.05) is 0 Å². The van der Waals surface area contributed by atoms with Crippen molar-refractivity contribution in [3.63, 3.8) is 0 Å². The monoisotopic (exact) mass is 311 g/mol. The Morgan fingerprint density at radius 1 is 1.39 bits per heavy atom. The zero-order valence-corrected chi connectivity index (χ0v) is 12.3. The Kier molecular flexibility index (Phi) is 2.71. The minimum atomic E-state index is -0.839. The lowest BCUT2D eigenvalue weighted by Gasteiger charge is -2.16. The van der Waals surface area contributed by atoms with E-state index >= 15 is 0 Å². The first-order chi connectivity index (χ1) is 11.0. The first-order valence-corrected chi connectivity index (χ1v) is 7.21. The fraction of sp³-hybridized carbons (Fsp3) is 0.333. The molecule has 2 aliphatic heterocycles. The lowest BCUT2D eigenvalue weighted by atomic mass is 10.1. The summed E-state index contributed by atoms with van der Waals surface area (Å²) in [6.07, 6.45) is 1.10. The number of aliphatic hydroxyl groups excluding tert-OH is 1. The molecule has 1 aromatic heterocycles. The molecule has 0 radical (unpaired) electrons. The van der Waals surface area contributed by atoms with Crippen LogP contribution in [0.3, 0.4) is 0 Å². The fourth-order valence-electron chi connectivity index (χ4n) is 3.39. The summed E-state index contributed by atoms with van der Waals surface area (Å²) in [5, 5.41) is 19.2. The van der Waals surface area contributed by atoms with Gasteiger partial charge in [0.2, 0.25) is 0 Å². The zero-order chi connectivity index (χ0) is 16.3. The molecule has 2 atom stereocenters. The predicted octanol–water partition coefficient (Wildman–Crippen LogP) is 0.347. The fourth-order valence-corrected chi connectivity index (χ4v) is 3.39. The van der Waals surface area contributed by atoms with Crippen molar-refractivity contribution in [1.29, 1.82) is 5.26 Å². The molecule has 0 spiro atoms. The second-order valence-electron chi connectivity index (χ2n) is 5.75. The Morgan fingerprint density at radius 3 is 2.87 bits per heavy atom. The van der Waals surface area contributed by atoms with Gasteiger partial charge >= 0.3 is 6.03 Å². The number of rotatable bonds is 1. The predicted molar refractivity (Wildman–Crippen MR) is 79.4 cm³/mol. The van der Waals surface area contributed by atoms with Crippen molar-refractivity contribution in [2.45, 2.75) is 18.6 Å². The molecule has 0 aliphatic carbocycles. The van der Waals surface area contributed by atoms with Crippen LogP contribution in [0.15, 0.2) is 18.5 Å². The lowest BCUT2D eigenvalue weighted by molar-refractivity contribution is -0.121. The van der Waals surface area contributed by atoms with Crippen LogP contribution in [0.5, 0.6) is 0 Å². The van der Waals surface area contributed by atoms with Gasteiger partial charge in [0, 0.05) is 13.6 Å². The van der Waals surface area contributed by atoms with E-state index in [9.17, 15) is 20.0 Å². The largest absolute Gasteiger partial charge is 0.390 e. The minimum absolute atomic E-state index is 0.344. The van der Waals surface area contributed by atoms with E-state index < -0.39 is 24.1 Å². The van der Waals surface area contributed by atoms with E-state index in [1.54, 1.807) is 23.7 Å². The minimum Gasteiger partial charge on any atom is -0.390 e. The van der Waals surface area contributed by atoms with Crippen LogP contribution in [0.2, 0.25) is 0 Å². The average Bonchev–Trinajstić information content (AvgIpc) is 3.17. The van der Waals surface area contributed by atoms with Gasteiger partial charge in [-0.3, -0.25) is 4.79 Å². The van der Waals surface area contributed by atoms with Crippen molar-refractivity contribution in [3.05, 3.63) is 24.0 Å². The van der Waals surface area contributed by atoms with Crippen LogP contribution in [0.25, 0.3) is 11.0 Å². The molecule has 3 heterocycles. The van der Waals surface area contributed by atoms with E-state index in [1.165, 1.54) is 11.2 Å². The van der Waals surface area contributed by atoms with Crippen LogP contribution >= 0.6 is 0 Å². The van der Waals surface area contributed by atoms with Crippen molar-refractivity contribution >= 4 is 28.7 Å². The van der Waals surface area contributed by atoms with Crippen LogP contribution in [0, 0.1) is 11.3 Å². The maximum atomic E-state index is 12.6. The van der Waals surface area contributed by atoms with Gasteiger partial charge in [0.15, 0.2) is 0 Å². The summed E-state index contributed by atoms with van der Waals surface area (Å²) < 4.78 is 1.68. The Bertz CT molecular complexity index is 896. The lowest BCUT2D eigenvalue weighted by Crippen LogP contribution is -2.36. The molecule has 8 nitrogen and oxygen atoms in total. The third-order valence-corrected chi connectivity index (χ3v) is 4.48. The van der Waals surface area contributed by atoms with Gasteiger partial charge in [0.1, 0.15) is 17.6 Å². The van der Waals surface area contributed by atoms with Crippen molar-refractivity contribution in [2.75, 3.05) is 11.4 Å².